The third kappa shape index (κ3) is 4.61. The largest absolute Gasteiger partial charge is 0.306 e. The van der Waals surface area contributed by atoms with E-state index < -0.39 is 5.91 Å². The Morgan fingerprint density at radius 3 is 1.86 bits per heavy atom. The third-order valence-corrected chi connectivity index (χ3v) is 8.90. The molecule has 36 heavy (non-hydrogen) atoms. The van der Waals surface area contributed by atoms with E-state index in [0.29, 0.717) is 23.2 Å². The fourth-order valence-corrected chi connectivity index (χ4v) is 5.42. The van der Waals surface area contributed by atoms with E-state index in [2.05, 4.69) is 15.3 Å². The van der Waals surface area contributed by atoms with Crippen LogP contribution in [0.5, 0.6) is 0 Å². The first-order valence-electron chi connectivity index (χ1n) is 9.70. The summed E-state index contributed by atoms with van der Waals surface area (Å²) in [6.07, 6.45) is 1.87. The number of hydrogen-bond acceptors (Lipinski definition) is 4. The predicted octanol–water partition coefficient (Wildman–Crippen LogP) is 9.61. The van der Waals surface area contributed by atoms with Crippen LogP contribution in [0, 0.1) is 6.92 Å². The topological polar surface area (TPSA) is 70.9 Å². The minimum Gasteiger partial charge on any atom is -0.306 e. The highest BCUT2D eigenvalue weighted by atomic mass is 35.5. The molecule has 0 spiro atoms. The molecule has 0 bridgehead atoms. The second kappa shape index (κ2) is 10.7. The van der Waals surface area contributed by atoms with Crippen molar-refractivity contribution in [2.45, 2.75) is 6.92 Å². The number of nitrogens with zero attached hydrogens (tertiary/aromatic N) is 2. The Kier molecular flexibility index (Phi) is 8.15. The fraction of sp³-hybridized carbons (Fsp3) is 0.0435. The lowest BCUT2D eigenvalue weighted by Crippen LogP contribution is -2.21. The van der Waals surface area contributed by atoms with Gasteiger partial charge in [-0.1, -0.05) is 98.9 Å². The van der Waals surface area contributed by atoms with Crippen LogP contribution in [0.2, 0.25) is 40.2 Å². The molecule has 1 heterocycles. The van der Waals surface area contributed by atoms with Gasteiger partial charge in [-0.2, -0.15) is 0 Å². The van der Waals surface area contributed by atoms with E-state index in [0.717, 1.165) is 0 Å². The Balaban J connectivity index is 1.81. The number of halogens is 8. The van der Waals surface area contributed by atoms with Crippen LogP contribution in [-0.4, -0.2) is 24.2 Å². The Bertz CT molecular complexity index is 1550. The number of benzene rings is 3. The number of amidine groups is 1. The van der Waals surface area contributed by atoms with Crippen LogP contribution in [-0.2, 0) is 0 Å². The first-order valence-corrected chi connectivity index (χ1v) is 12.7. The monoisotopic (exact) mass is 639 g/mol. The van der Waals surface area contributed by atoms with E-state index in [1.165, 1.54) is 6.21 Å². The van der Waals surface area contributed by atoms with Crippen molar-refractivity contribution in [2.75, 3.05) is 0 Å². The van der Waals surface area contributed by atoms with Crippen molar-refractivity contribution in [3.8, 4) is 0 Å². The average molecular weight is 643 g/mol. The van der Waals surface area contributed by atoms with Crippen LogP contribution < -0.4 is 5.32 Å². The van der Waals surface area contributed by atoms with E-state index in [1.54, 1.807) is 25.1 Å². The zero-order chi connectivity index (χ0) is 26.5. The second-order valence-electron chi connectivity index (χ2n) is 7.30. The average Bonchev–Trinajstić information content (AvgIpc) is 3.18. The normalized spacial score (nSPS) is 14.0. The Hall–Kier alpha value is -1.54. The summed E-state index contributed by atoms with van der Waals surface area (Å²) in [5, 5.41) is 2.58. The number of aldehydes is 1. The molecule has 0 aromatic heterocycles. The van der Waals surface area contributed by atoms with Crippen molar-refractivity contribution >= 4 is 128 Å². The minimum absolute atomic E-state index is 0.00259. The molecule has 1 amide bonds. The van der Waals surface area contributed by atoms with Gasteiger partial charge in [-0.25, -0.2) is 4.99 Å². The summed E-state index contributed by atoms with van der Waals surface area (Å²) in [7, 11) is 0. The summed E-state index contributed by atoms with van der Waals surface area (Å²) >= 11 is 49.5. The number of amides is 1. The van der Waals surface area contributed by atoms with E-state index in [-0.39, 0.29) is 68.3 Å². The summed E-state index contributed by atoms with van der Waals surface area (Å²) in [6, 6.07) is 5.12. The summed E-state index contributed by atoms with van der Waals surface area (Å²) in [4.78, 5) is 33.2. The van der Waals surface area contributed by atoms with Gasteiger partial charge in [0.25, 0.3) is 5.91 Å². The molecule has 0 aliphatic carbocycles. The molecule has 1 aliphatic rings. The standard InChI is InChI=1S/C23H9Cl8N3O2/c1-7-10(32-5-8-9(6-35)15(25)19(29)18(28)14(8)24)3-2-4-11(7)33-22-12-13(23(36)34-22)17(27)21(31)20(30)16(12)26/h2-6H,1H3,(H,33,34,36)/b32-5+. The van der Waals surface area contributed by atoms with E-state index in [1.807, 2.05) is 0 Å². The Labute approximate surface area is 244 Å². The van der Waals surface area contributed by atoms with Crippen molar-refractivity contribution in [1.29, 1.82) is 0 Å². The maximum atomic E-state index is 12.6. The third-order valence-electron chi connectivity index (χ3n) is 5.26. The highest BCUT2D eigenvalue weighted by Crippen LogP contribution is 2.44. The van der Waals surface area contributed by atoms with Crippen molar-refractivity contribution in [1.82, 2.24) is 5.32 Å². The van der Waals surface area contributed by atoms with Gasteiger partial charge in [0.1, 0.15) is 5.84 Å². The molecule has 0 unspecified atom stereocenters. The van der Waals surface area contributed by atoms with Gasteiger partial charge in [0.2, 0.25) is 0 Å². The van der Waals surface area contributed by atoms with Crippen molar-refractivity contribution in [3.63, 3.8) is 0 Å². The van der Waals surface area contributed by atoms with Crippen molar-refractivity contribution in [2.24, 2.45) is 9.98 Å². The minimum atomic E-state index is -0.520. The van der Waals surface area contributed by atoms with Gasteiger partial charge in [-0.15, -0.1) is 0 Å². The number of hydrogen-bond donors (Lipinski definition) is 1. The van der Waals surface area contributed by atoms with Crippen LogP contribution in [0.4, 0.5) is 11.4 Å². The van der Waals surface area contributed by atoms with Gasteiger partial charge in [-0.05, 0) is 19.1 Å². The first kappa shape index (κ1) is 27.5. The molecule has 5 nitrogen and oxygen atoms in total. The zero-order valence-electron chi connectivity index (χ0n) is 17.6. The van der Waals surface area contributed by atoms with Gasteiger partial charge in [0, 0.05) is 22.9 Å². The zero-order valence-corrected chi connectivity index (χ0v) is 23.7. The predicted molar refractivity (Wildman–Crippen MR) is 150 cm³/mol. The van der Waals surface area contributed by atoms with E-state index in [4.69, 9.17) is 92.8 Å². The van der Waals surface area contributed by atoms with Crippen LogP contribution in [0.1, 0.15) is 37.4 Å². The number of carbonyl (C=O) groups excluding carboxylic acids is 2. The lowest BCUT2D eigenvalue weighted by molar-refractivity contribution is 0.0983. The SMILES string of the molecule is Cc1c(/N=C2\NC(=O)c3c(Cl)c(Cl)c(Cl)c(Cl)c32)cccc1/N=C/c1c(Cl)c(Cl)c(Cl)c(Cl)c1C=O. The van der Waals surface area contributed by atoms with Crippen LogP contribution in [0.25, 0.3) is 0 Å². The first-order chi connectivity index (χ1) is 17.0. The molecular formula is C23H9Cl8N3O2. The molecule has 0 fully saturated rings. The quantitative estimate of drug-likeness (QED) is 0.133. The molecule has 0 saturated heterocycles. The van der Waals surface area contributed by atoms with Crippen LogP contribution in [0.3, 0.4) is 0 Å². The molecule has 0 radical (unpaired) electrons. The van der Waals surface area contributed by atoms with Gasteiger partial charge in [0.15, 0.2) is 6.29 Å². The van der Waals surface area contributed by atoms with Gasteiger partial charge < -0.3 is 5.32 Å². The summed E-state index contributed by atoms with van der Waals surface area (Å²) in [5.74, 6) is -0.374. The van der Waals surface area contributed by atoms with Gasteiger partial charge in [0.05, 0.1) is 62.7 Å². The molecule has 3 aromatic carbocycles. The number of carbonyl (C=O) groups is 2. The molecule has 0 atom stereocenters. The molecule has 3 aromatic rings. The summed E-state index contributed by atoms with van der Waals surface area (Å²) < 4.78 is 0. The number of aliphatic imine (C=N–C) groups is 2. The highest BCUT2D eigenvalue weighted by Gasteiger charge is 2.34. The summed E-state index contributed by atoms with van der Waals surface area (Å²) in [5.41, 5.74) is 2.13. The molecule has 13 heteroatoms. The van der Waals surface area contributed by atoms with Crippen LogP contribution >= 0.6 is 92.8 Å². The fourth-order valence-electron chi connectivity index (χ4n) is 3.42. The molecule has 184 valence electrons. The smallest absolute Gasteiger partial charge is 0.259 e. The van der Waals surface area contributed by atoms with Gasteiger partial charge >= 0.3 is 0 Å². The number of nitrogens with one attached hydrogen (secondary N) is 1. The van der Waals surface area contributed by atoms with Crippen LogP contribution in [0.15, 0.2) is 28.2 Å². The van der Waals surface area contributed by atoms with E-state index in [9.17, 15) is 9.59 Å². The molecule has 4 rings (SSSR count). The number of rotatable bonds is 4. The lowest BCUT2D eigenvalue weighted by atomic mass is 10.1. The maximum Gasteiger partial charge on any atom is 0.259 e. The lowest BCUT2D eigenvalue weighted by Gasteiger charge is -2.10. The van der Waals surface area contributed by atoms with E-state index >= 15 is 0 Å². The molecule has 1 aliphatic heterocycles. The summed E-state index contributed by atoms with van der Waals surface area (Å²) in [6.45, 7) is 1.76. The Morgan fingerprint density at radius 2 is 1.25 bits per heavy atom. The van der Waals surface area contributed by atoms with Crippen molar-refractivity contribution in [3.05, 3.63) is 86.2 Å². The van der Waals surface area contributed by atoms with Gasteiger partial charge in [-0.3, -0.25) is 14.6 Å². The van der Waals surface area contributed by atoms with Crippen molar-refractivity contribution < 1.29 is 9.59 Å². The Morgan fingerprint density at radius 1 is 0.722 bits per heavy atom. The molecule has 0 saturated carbocycles. The highest BCUT2D eigenvalue weighted by molar-refractivity contribution is 6.55. The number of fused-ring (bicyclic) bond motifs is 1. The molecular weight excluding hydrogens is 634 g/mol. The second-order valence-corrected chi connectivity index (χ2v) is 10.3. The molecule has 1 N–H and O–H groups in total. The maximum absolute atomic E-state index is 12.6.